The van der Waals surface area contributed by atoms with Gasteiger partial charge in [0, 0.05) is 20.0 Å². The molecule has 2 fully saturated rings. The van der Waals surface area contributed by atoms with E-state index in [4.69, 9.17) is 10.1 Å². The van der Waals surface area contributed by atoms with Crippen molar-refractivity contribution in [2.45, 2.75) is 25.8 Å². The van der Waals surface area contributed by atoms with Crippen LogP contribution < -0.4 is 0 Å². The number of amides is 1. The van der Waals surface area contributed by atoms with Crippen LogP contribution in [0.4, 0.5) is 0 Å². The van der Waals surface area contributed by atoms with E-state index in [1.165, 1.54) is 0 Å². The van der Waals surface area contributed by atoms with Gasteiger partial charge in [-0.05, 0) is 18.8 Å². The van der Waals surface area contributed by atoms with Crippen molar-refractivity contribution in [2.75, 3.05) is 26.2 Å². The molecule has 16 heavy (non-hydrogen) atoms. The molecule has 1 amide bonds. The number of carbonyl (C=O) groups excluding carboxylic acids is 1. The van der Waals surface area contributed by atoms with Crippen molar-refractivity contribution >= 4 is 5.91 Å². The average Bonchev–Trinajstić information content (AvgIpc) is 3.05. The van der Waals surface area contributed by atoms with Crippen LogP contribution in [0.3, 0.4) is 0 Å². The van der Waals surface area contributed by atoms with E-state index < -0.39 is 0 Å². The molecule has 5 heteroatoms. The second-order valence-corrected chi connectivity index (χ2v) is 4.49. The Bertz CT molecular complexity index is 305. The zero-order valence-corrected chi connectivity index (χ0v) is 9.56. The van der Waals surface area contributed by atoms with Gasteiger partial charge in [0.1, 0.15) is 6.04 Å². The molecule has 2 aliphatic rings. The smallest absolute Gasteiger partial charge is 0.219 e. The lowest BCUT2D eigenvalue weighted by molar-refractivity contribution is -0.132. The van der Waals surface area contributed by atoms with Crippen LogP contribution in [-0.2, 0) is 9.63 Å². The fraction of sp³-hybridized carbons (Fsp3) is 0.818. The van der Waals surface area contributed by atoms with Crippen molar-refractivity contribution < 1.29 is 9.63 Å². The first-order chi connectivity index (χ1) is 7.70. The predicted octanol–water partition coefficient (Wildman–Crippen LogP) is 0.384. The molecule has 0 spiro atoms. The van der Waals surface area contributed by atoms with Crippen LogP contribution in [0.25, 0.3) is 0 Å². The fourth-order valence-electron chi connectivity index (χ4n) is 1.99. The van der Waals surface area contributed by atoms with Crippen LogP contribution >= 0.6 is 0 Å². The van der Waals surface area contributed by atoms with Gasteiger partial charge < -0.3 is 4.90 Å². The van der Waals surface area contributed by atoms with E-state index in [1.54, 1.807) is 12.0 Å². The number of likely N-dealkylation sites (tertiary alicyclic amines) is 1. The van der Waals surface area contributed by atoms with Crippen molar-refractivity contribution in [2.24, 2.45) is 5.92 Å². The van der Waals surface area contributed by atoms with Gasteiger partial charge in [-0.3, -0.25) is 9.63 Å². The number of piperidine rings is 1. The van der Waals surface area contributed by atoms with Gasteiger partial charge in [-0.25, -0.2) is 0 Å². The molecule has 2 rings (SSSR count). The Balaban J connectivity index is 1.63. The van der Waals surface area contributed by atoms with Crippen molar-refractivity contribution in [3.05, 3.63) is 0 Å². The summed E-state index contributed by atoms with van der Waals surface area (Å²) in [6.45, 7) is 4.72. The number of carbonyl (C=O) groups is 1. The number of nitriles is 1. The average molecular weight is 223 g/mol. The van der Waals surface area contributed by atoms with Crippen LogP contribution in [0, 0.1) is 17.2 Å². The normalized spacial score (nSPS) is 29.9. The molecular formula is C11H17N3O2. The summed E-state index contributed by atoms with van der Waals surface area (Å²) < 4.78 is 0. The second-order valence-electron chi connectivity index (χ2n) is 4.49. The number of hydrogen-bond acceptors (Lipinski definition) is 4. The first kappa shape index (κ1) is 11.4. The van der Waals surface area contributed by atoms with Crippen molar-refractivity contribution in [3.8, 4) is 6.07 Å². The van der Waals surface area contributed by atoms with E-state index in [1.807, 2.05) is 4.90 Å². The molecule has 0 radical (unpaired) electrons. The van der Waals surface area contributed by atoms with Crippen molar-refractivity contribution in [3.63, 3.8) is 0 Å². The Morgan fingerprint density at radius 1 is 1.50 bits per heavy atom. The summed E-state index contributed by atoms with van der Waals surface area (Å²) in [6.07, 6.45) is 2.01. The second kappa shape index (κ2) is 4.81. The Kier molecular flexibility index (Phi) is 3.42. The van der Waals surface area contributed by atoms with Gasteiger partial charge >= 0.3 is 0 Å². The highest BCUT2D eigenvalue weighted by molar-refractivity contribution is 5.73. The molecule has 5 nitrogen and oxygen atoms in total. The van der Waals surface area contributed by atoms with Gasteiger partial charge in [0.25, 0.3) is 0 Å². The van der Waals surface area contributed by atoms with Crippen molar-refractivity contribution in [1.82, 2.24) is 9.96 Å². The maximum atomic E-state index is 11.1. The van der Waals surface area contributed by atoms with Crippen LogP contribution in [0.15, 0.2) is 0 Å². The standard InChI is InChI=1S/C11H17N3O2/c1-9(15)13-4-2-10(3-5-13)8-16-14-7-11(14)6-12/h10-11H,2-5,7-8H2,1H3. The molecule has 2 unspecified atom stereocenters. The summed E-state index contributed by atoms with van der Waals surface area (Å²) >= 11 is 0. The largest absolute Gasteiger partial charge is 0.343 e. The van der Waals surface area contributed by atoms with Crippen LogP contribution in [0.1, 0.15) is 19.8 Å². The summed E-state index contributed by atoms with van der Waals surface area (Å²) in [4.78, 5) is 18.5. The molecule has 2 atom stereocenters. The zero-order valence-electron chi connectivity index (χ0n) is 9.56. The predicted molar refractivity (Wildman–Crippen MR) is 57.0 cm³/mol. The minimum absolute atomic E-state index is 0.0303. The molecular weight excluding hydrogens is 206 g/mol. The van der Waals surface area contributed by atoms with E-state index in [0.29, 0.717) is 12.5 Å². The van der Waals surface area contributed by atoms with E-state index in [0.717, 1.165) is 32.5 Å². The lowest BCUT2D eigenvalue weighted by atomic mass is 9.98. The maximum Gasteiger partial charge on any atom is 0.219 e. The Labute approximate surface area is 95.5 Å². The first-order valence-corrected chi connectivity index (χ1v) is 5.75. The highest BCUT2D eigenvalue weighted by Gasteiger charge is 2.36. The zero-order chi connectivity index (χ0) is 11.5. The Hall–Kier alpha value is -1.12. The van der Waals surface area contributed by atoms with Crippen LogP contribution in [0.5, 0.6) is 0 Å². The minimum Gasteiger partial charge on any atom is -0.343 e. The third kappa shape index (κ3) is 2.71. The lowest BCUT2D eigenvalue weighted by Crippen LogP contribution is -2.38. The molecule has 0 saturated carbocycles. The maximum absolute atomic E-state index is 11.1. The number of hydroxylamine groups is 2. The summed E-state index contributed by atoms with van der Waals surface area (Å²) in [5, 5.41) is 10.3. The van der Waals surface area contributed by atoms with E-state index in [2.05, 4.69) is 6.07 Å². The van der Waals surface area contributed by atoms with E-state index >= 15 is 0 Å². The van der Waals surface area contributed by atoms with Crippen molar-refractivity contribution in [1.29, 1.82) is 5.26 Å². The van der Waals surface area contributed by atoms with Gasteiger partial charge in [0.05, 0.1) is 19.2 Å². The number of hydrogen-bond donors (Lipinski definition) is 0. The Morgan fingerprint density at radius 3 is 2.69 bits per heavy atom. The van der Waals surface area contributed by atoms with E-state index in [9.17, 15) is 4.79 Å². The molecule has 0 aromatic heterocycles. The van der Waals surface area contributed by atoms with Gasteiger partial charge in [-0.2, -0.15) is 10.3 Å². The SMILES string of the molecule is CC(=O)N1CCC(CON2CC2C#N)CC1. The molecule has 2 aliphatic heterocycles. The molecule has 0 aliphatic carbocycles. The highest BCUT2D eigenvalue weighted by Crippen LogP contribution is 2.21. The van der Waals surface area contributed by atoms with Gasteiger partial charge in [-0.1, -0.05) is 0 Å². The first-order valence-electron chi connectivity index (χ1n) is 5.75. The minimum atomic E-state index is -0.0303. The summed E-state index contributed by atoms with van der Waals surface area (Å²) in [6, 6.07) is 2.12. The summed E-state index contributed by atoms with van der Waals surface area (Å²) in [5.41, 5.74) is 0. The highest BCUT2D eigenvalue weighted by atomic mass is 16.7. The lowest BCUT2D eigenvalue weighted by Gasteiger charge is -2.30. The summed E-state index contributed by atoms with van der Waals surface area (Å²) in [5.74, 6) is 0.686. The topological polar surface area (TPSA) is 56.3 Å². The van der Waals surface area contributed by atoms with Gasteiger partial charge in [0.2, 0.25) is 5.91 Å². The molecule has 2 saturated heterocycles. The fourth-order valence-corrected chi connectivity index (χ4v) is 1.99. The van der Waals surface area contributed by atoms with Gasteiger partial charge in [-0.15, -0.1) is 0 Å². The number of nitrogens with zero attached hydrogens (tertiary/aromatic N) is 3. The Morgan fingerprint density at radius 2 is 2.19 bits per heavy atom. The number of rotatable bonds is 3. The monoisotopic (exact) mass is 223 g/mol. The molecule has 0 aromatic carbocycles. The summed E-state index contributed by atoms with van der Waals surface area (Å²) in [7, 11) is 0. The van der Waals surface area contributed by atoms with Crippen LogP contribution in [-0.4, -0.2) is 48.2 Å². The molecule has 0 bridgehead atoms. The van der Waals surface area contributed by atoms with Gasteiger partial charge in [0.15, 0.2) is 0 Å². The molecule has 2 heterocycles. The third-order valence-electron chi connectivity index (χ3n) is 3.25. The molecule has 0 aromatic rings. The molecule has 88 valence electrons. The van der Waals surface area contributed by atoms with E-state index in [-0.39, 0.29) is 11.9 Å². The molecule has 0 N–H and O–H groups in total. The third-order valence-corrected chi connectivity index (χ3v) is 3.25. The quantitative estimate of drug-likeness (QED) is 0.649. The van der Waals surface area contributed by atoms with Crippen LogP contribution in [0.2, 0.25) is 0 Å².